The van der Waals surface area contributed by atoms with Crippen LogP contribution in [0, 0.1) is 11.3 Å². The van der Waals surface area contributed by atoms with Gasteiger partial charge < -0.3 is 4.57 Å². The van der Waals surface area contributed by atoms with Crippen LogP contribution >= 0.6 is 11.6 Å². The molecule has 2 aromatic rings. The Labute approximate surface area is 100 Å². The van der Waals surface area contributed by atoms with Gasteiger partial charge in [0.25, 0.3) is 0 Å². The van der Waals surface area contributed by atoms with Crippen LogP contribution in [0.5, 0.6) is 0 Å². The maximum Gasteiger partial charge on any atom is 0.128 e. The van der Waals surface area contributed by atoms with E-state index in [1.165, 1.54) is 0 Å². The monoisotopic (exact) mass is 232 g/mol. The fourth-order valence-corrected chi connectivity index (χ4v) is 2.23. The minimum Gasteiger partial charge on any atom is -0.330 e. The molecule has 82 valence electrons. The van der Waals surface area contributed by atoms with Gasteiger partial charge in [-0.1, -0.05) is 43.1 Å². The number of aryl methyl sites for hydroxylation is 1. The third-order valence-corrected chi connectivity index (χ3v) is 3.15. The third kappa shape index (κ3) is 1.68. The number of hydrogen-bond donors (Lipinski definition) is 0. The number of nitriles is 1. The van der Waals surface area contributed by atoms with Crippen LogP contribution in [-0.4, -0.2) is 4.57 Å². The second-order valence-corrected chi connectivity index (χ2v) is 4.16. The Balaban J connectivity index is 2.64. The van der Waals surface area contributed by atoms with Gasteiger partial charge in [0.15, 0.2) is 0 Å². The zero-order valence-electron chi connectivity index (χ0n) is 9.20. The number of hydrogen-bond acceptors (Lipinski definition) is 1. The van der Waals surface area contributed by atoms with Crippen LogP contribution in [0.4, 0.5) is 0 Å². The van der Waals surface area contributed by atoms with Crippen molar-refractivity contribution in [1.29, 1.82) is 5.26 Å². The largest absolute Gasteiger partial charge is 0.330 e. The lowest BCUT2D eigenvalue weighted by Gasteiger charge is -2.05. The number of fused-ring (bicyclic) bond motifs is 1. The maximum absolute atomic E-state index is 9.11. The van der Waals surface area contributed by atoms with E-state index in [1.807, 2.05) is 28.8 Å². The summed E-state index contributed by atoms with van der Waals surface area (Å²) in [7, 11) is 0. The summed E-state index contributed by atoms with van der Waals surface area (Å²) < 4.78 is 2.03. The summed E-state index contributed by atoms with van der Waals surface area (Å²) in [6, 6.07) is 10.0. The predicted molar refractivity (Wildman–Crippen MR) is 66.6 cm³/mol. The highest BCUT2D eigenvalue weighted by Crippen LogP contribution is 2.29. The lowest BCUT2D eigenvalue weighted by atomic mass is 10.2. The van der Waals surface area contributed by atoms with Crippen molar-refractivity contribution in [2.45, 2.75) is 26.3 Å². The van der Waals surface area contributed by atoms with Gasteiger partial charge in [-0.3, -0.25) is 0 Å². The van der Waals surface area contributed by atoms with E-state index in [0.29, 0.717) is 10.7 Å². The van der Waals surface area contributed by atoms with E-state index in [2.05, 4.69) is 13.0 Å². The number of halogens is 1. The summed E-state index contributed by atoms with van der Waals surface area (Å²) in [5.41, 5.74) is 1.64. The number of benzene rings is 1. The van der Waals surface area contributed by atoms with Gasteiger partial charge in [0.2, 0.25) is 0 Å². The highest BCUT2D eigenvalue weighted by atomic mass is 35.5. The predicted octanol–water partition coefficient (Wildman–Crippen LogP) is 3.97. The Morgan fingerprint density at radius 1 is 1.38 bits per heavy atom. The molecule has 0 N–H and O–H groups in total. The van der Waals surface area contributed by atoms with Crippen molar-refractivity contribution in [3.05, 3.63) is 35.0 Å². The van der Waals surface area contributed by atoms with Crippen molar-refractivity contribution in [2.24, 2.45) is 0 Å². The van der Waals surface area contributed by atoms with Crippen LogP contribution in [0.15, 0.2) is 24.3 Å². The second kappa shape index (κ2) is 4.59. The van der Waals surface area contributed by atoms with Gasteiger partial charge in [-0.15, -0.1) is 0 Å². The average molecular weight is 233 g/mol. The van der Waals surface area contributed by atoms with E-state index in [1.54, 1.807) is 0 Å². The van der Waals surface area contributed by atoms with Crippen molar-refractivity contribution in [1.82, 2.24) is 4.57 Å². The molecular weight excluding hydrogens is 220 g/mol. The van der Waals surface area contributed by atoms with Gasteiger partial charge in [0, 0.05) is 11.9 Å². The normalized spacial score (nSPS) is 10.6. The zero-order chi connectivity index (χ0) is 11.5. The molecule has 3 heteroatoms. The van der Waals surface area contributed by atoms with Crippen molar-refractivity contribution in [2.75, 3.05) is 0 Å². The van der Waals surface area contributed by atoms with Crippen molar-refractivity contribution in [3.63, 3.8) is 0 Å². The Hall–Kier alpha value is -1.46. The first kappa shape index (κ1) is 11.0. The van der Waals surface area contributed by atoms with E-state index >= 15 is 0 Å². The summed E-state index contributed by atoms with van der Waals surface area (Å²) in [5, 5.41) is 10.6. The number of unbranched alkanes of at least 4 members (excludes halogenated alkanes) is 1. The highest BCUT2D eigenvalue weighted by Gasteiger charge is 2.13. The van der Waals surface area contributed by atoms with E-state index in [-0.39, 0.29) is 0 Å². The minimum atomic E-state index is 0.567. The van der Waals surface area contributed by atoms with Crippen LogP contribution < -0.4 is 0 Å². The number of rotatable bonds is 3. The van der Waals surface area contributed by atoms with E-state index in [0.717, 1.165) is 30.3 Å². The molecule has 0 amide bonds. The molecule has 1 aromatic heterocycles. The summed E-state index contributed by atoms with van der Waals surface area (Å²) >= 11 is 6.23. The van der Waals surface area contributed by atoms with E-state index < -0.39 is 0 Å². The zero-order valence-corrected chi connectivity index (χ0v) is 9.96. The Kier molecular flexibility index (Phi) is 3.17. The van der Waals surface area contributed by atoms with Crippen LogP contribution in [0.2, 0.25) is 5.15 Å². The van der Waals surface area contributed by atoms with Crippen LogP contribution in [0.25, 0.3) is 10.9 Å². The van der Waals surface area contributed by atoms with Crippen LogP contribution in [0.1, 0.15) is 25.3 Å². The first-order valence-electron chi connectivity index (χ1n) is 5.46. The molecule has 0 aliphatic carbocycles. The molecule has 0 aliphatic heterocycles. The molecule has 0 saturated heterocycles. The second-order valence-electron chi connectivity index (χ2n) is 3.80. The SMILES string of the molecule is CCCCn1c(Cl)c(C#N)c2ccccc21. The first-order valence-corrected chi connectivity index (χ1v) is 5.84. The van der Waals surface area contributed by atoms with Gasteiger partial charge >= 0.3 is 0 Å². The standard InChI is InChI=1S/C13H13ClN2/c1-2-3-8-16-12-7-5-4-6-10(12)11(9-15)13(16)14/h4-7H,2-3,8H2,1H3. The van der Waals surface area contributed by atoms with Crippen LogP contribution in [0.3, 0.4) is 0 Å². The topological polar surface area (TPSA) is 28.7 Å². The van der Waals surface area contributed by atoms with Crippen molar-refractivity contribution in [3.8, 4) is 6.07 Å². The molecule has 16 heavy (non-hydrogen) atoms. The van der Waals surface area contributed by atoms with Crippen molar-refractivity contribution >= 4 is 22.5 Å². The average Bonchev–Trinajstić information content (AvgIpc) is 2.58. The molecule has 0 unspecified atom stereocenters. The smallest absolute Gasteiger partial charge is 0.128 e. The highest BCUT2D eigenvalue weighted by molar-refractivity contribution is 6.32. The molecular formula is C13H13ClN2. The van der Waals surface area contributed by atoms with Gasteiger partial charge in [-0.25, -0.2) is 0 Å². The fraction of sp³-hybridized carbons (Fsp3) is 0.308. The lowest BCUT2D eigenvalue weighted by Crippen LogP contribution is -1.97. The quantitative estimate of drug-likeness (QED) is 0.787. The maximum atomic E-state index is 9.11. The van der Waals surface area contributed by atoms with Crippen molar-refractivity contribution < 1.29 is 0 Å². The molecule has 1 heterocycles. The van der Waals surface area contributed by atoms with Gasteiger partial charge in [0.05, 0.1) is 11.1 Å². The van der Waals surface area contributed by atoms with E-state index in [4.69, 9.17) is 16.9 Å². The summed E-state index contributed by atoms with van der Waals surface area (Å²) in [6.07, 6.45) is 2.19. The van der Waals surface area contributed by atoms with Gasteiger partial charge in [0.1, 0.15) is 11.2 Å². The fourth-order valence-electron chi connectivity index (χ4n) is 1.91. The Morgan fingerprint density at radius 3 is 2.81 bits per heavy atom. The molecule has 0 aliphatic rings. The lowest BCUT2D eigenvalue weighted by molar-refractivity contribution is 0.650. The molecule has 1 aromatic carbocycles. The Bertz CT molecular complexity index is 549. The van der Waals surface area contributed by atoms with E-state index in [9.17, 15) is 0 Å². The van der Waals surface area contributed by atoms with Gasteiger partial charge in [-0.2, -0.15) is 5.26 Å². The summed E-state index contributed by atoms with van der Waals surface area (Å²) in [5.74, 6) is 0. The summed E-state index contributed by atoms with van der Waals surface area (Å²) in [4.78, 5) is 0. The molecule has 0 saturated carbocycles. The molecule has 0 fully saturated rings. The molecule has 0 radical (unpaired) electrons. The molecule has 0 spiro atoms. The Morgan fingerprint density at radius 2 is 2.12 bits per heavy atom. The van der Waals surface area contributed by atoms with Gasteiger partial charge in [-0.05, 0) is 12.5 Å². The number of nitrogens with zero attached hydrogens (tertiary/aromatic N) is 2. The number of para-hydroxylation sites is 1. The number of aromatic nitrogens is 1. The molecule has 2 rings (SSSR count). The first-order chi connectivity index (χ1) is 7.79. The molecule has 0 atom stereocenters. The third-order valence-electron chi connectivity index (χ3n) is 2.75. The molecule has 2 nitrogen and oxygen atoms in total. The van der Waals surface area contributed by atoms with Crippen LogP contribution in [-0.2, 0) is 6.54 Å². The minimum absolute atomic E-state index is 0.567. The molecule has 0 bridgehead atoms. The summed E-state index contributed by atoms with van der Waals surface area (Å²) in [6.45, 7) is 3.02.